The third kappa shape index (κ3) is 5.50. The molecule has 0 unspecified atom stereocenters. The number of Topliss-reactive ketones (excluding diaryl/α,β-unsaturated/α-hetero) is 1. The molecule has 27 heavy (non-hydrogen) atoms. The fourth-order valence-corrected chi connectivity index (χ4v) is 2.17. The van der Waals surface area contributed by atoms with Gasteiger partial charge in [-0.3, -0.25) is 4.79 Å². The van der Waals surface area contributed by atoms with Gasteiger partial charge in [0.1, 0.15) is 11.6 Å². The summed E-state index contributed by atoms with van der Waals surface area (Å²) in [6.07, 6.45) is 2.61. The van der Waals surface area contributed by atoms with Crippen molar-refractivity contribution in [3.05, 3.63) is 71.0 Å². The summed E-state index contributed by atoms with van der Waals surface area (Å²) in [6, 6.07) is 9.86. The van der Waals surface area contributed by atoms with E-state index in [1.165, 1.54) is 26.4 Å². The number of ether oxygens (including phenoxy) is 3. The van der Waals surface area contributed by atoms with Crippen molar-refractivity contribution in [2.24, 2.45) is 0 Å². The highest BCUT2D eigenvalue weighted by molar-refractivity contribution is 6.01. The zero-order valence-corrected chi connectivity index (χ0v) is 14.7. The van der Waals surface area contributed by atoms with E-state index in [0.717, 1.165) is 18.2 Å². The SMILES string of the molecule is COC(=O)c1ccc(/C=C/C(=O)OCC(=O)c2cc(F)ccc2OC)cc1. The molecule has 0 heterocycles. The number of hydrogen-bond acceptors (Lipinski definition) is 6. The van der Waals surface area contributed by atoms with Gasteiger partial charge in [-0.2, -0.15) is 0 Å². The molecular formula is C20H17FO6. The molecule has 0 fully saturated rings. The molecule has 0 aromatic heterocycles. The average molecular weight is 372 g/mol. The topological polar surface area (TPSA) is 78.9 Å². The number of rotatable bonds is 7. The summed E-state index contributed by atoms with van der Waals surface area (Å²) in [5.41, 5.74) is 1.03. The highest BCUT2D eigenvalue weighted by Gasteiger charge is 2.15. The predicted molar refractivity (Wildman–Crippen MR) is 95.1 cm³/mol. The lowest BCUT2D eigenvalue weighted by atomic mass is 10.1. The Bertz CT molecular complexity index is 871. The Morgan fingerprint density at radius 1 is 1.04 bits per heavy atom. The Hall–Kier alpha value is -3.48. The molecular weight excluding hydrogens is 355 g/mol. The van der Waals surface area contributed by atoms with Crippen LogP contribution in [-0.2, 0) is 14.3 Å². The van der Waals surface area contributed by atoms with Crippen LogP contribution in [-0.4, -0.2) is 38.5 Å². The van der Waals surface area contributed by atoms with Gasteiger partial charge in [0, 0.05) is 6.08 Å². The zero-order valence-electron chi connectivity index (χ0n) is 14.7. The van der Waals surface area contributed by atoms with Crippen molar-refractivity contribution in [2.45, 2.75) is 0 Å². The molecule has 2 rings (SSSR count). The van der Waals surface area contributed by atoms with Crippen LogP contribution in [0.5, 0.6) is 5.75 Å². The van der Waals surface area contributed by atoms with Gasteiger partial charge >= 0.3 is 11.9 Å². The normalized spacial score (nSPS) is 10.5. The van der Waals surface area contributed by atoms with Gasteiger partial charge in [0.2, 0.25) is 5.78 Å². The third-order valence-electron chi connectivity index (χ3n) is 3.55. The monoisotopic (exact) mass is 372 g/mol. The summed E-state index contributed by atoms with van der Waals surface area (Å²) in [4.78, 5) is 35.2. The van der Waals surface area contributed by atoms with E-state index < -0.39 is 30.1 Å². The largest absolute Gasteiger partial charge is 0.496 e. The molecule has 0 bridgehead atoms. The van der Waals surface area contributed by atoms with E-state index in [1.54, 1.807) is 24.3 Å². The molecule has 2 aromatic carbocycles. The van der Waals surface area contributed by atoms with Gasteiger partial charge in [-0.05, 0) is 42.0 Å². The molecule has 140 valence electrons. The van der Waals surface area contributed by atoms with Crippen LogP contribution in [0.25, 0.3) is 6.08 Å². The van der Waals surface area contributed by atoms with E-state index in [0.29, 0.717) is 11.1 Å². The molecule has 0 saturated carbocycles. The van der Waals surface area contributed by atoms with Crippen molar-refractivity contribution in [3.63, 3.8) is 0 Å². The number of carbonyl (C=O) groups excluding carboxylic acids is 3. The Labute approximate surface area is 155 Å². The standard InChI is InChI=1S/C20H17FO6/c1-25-18-9-8-15(21)11-16(18)17(22)12-27-19(23)10-5-13-3-6-14(7-4-13)20(24)26-2/h3-11H,12H2,1-2H3/b10-5+. The predicted octanol–water partition coefficient (Wildman–Crippen LogP) is 3.06. The van der Waals surface area contributed by atoms with E-state index in [9.17, 15) is 18.8 Å². The molecule has 2 aromatic rings. The highest BCUT2D eigenvalue weighted by atomic mass is 19.1. The lowest BCUT2D eigenvalue weighted by Gasteiger charge is -2.07. The van der Waals surface area contributed by atoms with Crippen LogP contribution >= 0.6 is 0 Å². The summed E-state index contributed by atoms with van der Waals surface area (Å²) in [7, 11) is 2.64. The maximum atomic E-state index is 13.3. The molecule has 0 aliphatic carbocycles. The van der Waals surface area contributed by atoms with Gasteiger partial charge in [-0.25, -0.2) is 14.0 Å². The van der Waals surface area contributed by atoms with Gasteiger partial charge in [-0.1, -0.05) is 12.1 Å². The maximum absolute atomic E-state index is 13.3. The number of benzene rings is 2. The van der Waals surface area contributed by atoms with E-state index in [4.69, 9.17) is 9.47 Å². The van der Waals surface area contributed by atoms with Crippen LogP contribution < -0.4 is 4.74 Å². The number of halogens is 1. The fraction of sp³-hybridized carbons (Fsp3) is 0.150. The first kappa shape index (κ1) is 19.8. The smallest absolute Gasteiger partial charge is 0.337 e. The Morgan fingerprint density at radius 2 is 1.74 bits per heavy atom. The molecule has 0 aliphatic rings. The van der Waals surface area contributed by atoms with Crippen molar-refractivity contribution in [1.82, 2.24) is 0 Å². The minimum atomic E-state index is -0.740. The first-order valence-electron chi connectivity index (χ1n) is 7.84. The quantitative estimate of drug-likeness (QED) is 0.422. The molecule has 0 saturated heterocycles. The second kappa shape index (κ2) is 9.28. The summed E-state index contributed by atoms with van der Waals surface area (Å²) in [5, 5.41) is 0. The Balaban J connectivity index is 1.94. The van der Waals surface area contributed by atoms with Gasteiger partial charge in [0.15, 0.2) is 6.61 Å². The first-order valence-corrected chi connectivity index (χ1v) is 7.84. The Kier molecular flexibility index (Phi) is 6.82. The average Bonchev–Trinajstić information content (AvgIpc) is 2.70. The van der Waals surface area contributed by atoms with Crippen LogP contribution in [0, 0.1) is 5.82 Å². The van der Waals surface area contributed by atoms with E-state index >= 15 is 0 Å². The van der Waals surface area contributed by atoms with Gasteiger partial charge in [-0.15, -0.1) is 0 Å². The number of methoxy groups -OCH3 is 2. The zero-order chi connectivity index (χ0) is 19.8. The lowest BCUT2D eigenvalue weighted by molar-refractivity contribution is -0.136. The minimum Gasteiger partial charge on any atom is -0.496 e. The second-order valence-corrected chi connectivity index (χ2v) is 5.32. The summed E-state index contributed by atoms with van der Waals surface area (Å²) in [5.74, 6) is -2.19. The van der Waals surface area contributed by atoms with Crippen LogP contribution in [0.2, 0.25) is 0 Å². The summed E-state index contributed by atoms with van der Waals surface area (Å²) in [6.45, 7) is -0.551. The molecule has 0 atom stereocenters. The molecule has 6 nitrogen and oxygen atoms in total. The van der Waals surface area contributed by atoms with Crippen LogP contribution in [0.3, 0.4) is 0 Å². The second-order valence-electron chi connectivity index (χ2n) is 5.32. The van der Waals surface area contributed by atoms with Crippen molar-refractivity contribution in [1.29, 1.82) is 0 Å². The van der Waals surface area contributed by atoms with Crippen molar-refractivity contribution in [3.8, 4) is 5.75 Å². The molecule has 0 N–H and O–H groups in total. The van der Waals surface area contributed by atoms with Crippen molar-refractivity contribution in [2.75, 3.05) is 20.8 Å². The third-order valence-corrected chi connectivity index (χ3v) is 3.55. The number of hydrogen-bond donors (Lipinski definition) is 0. The lowest BCUT2D eigenvalue weighted by Crippen LogP contribution is -2.13. The maximum Gasteiger partial charge on any atom is 0.337 e. The minimum absolute atomic E-state index is 0.00678. The highest BCUT2D eigenvalue weighted by Crippen LogP contribution is 2.20. The number of ketones is 1. The molecule has 0 radical (unpaired) electrons. The van der Waals surface area contributed by atoms with Crippen molar-refractivity contribution >= 4 is 23.8 Å². The first-order chi connectivity index (χ1) is 12.9. The number of carbonyl (C=O) groups is 3. The Morgan fingerprint density at radius 3 is 2.37 bits per heavy atom. The summed E-state index contributed by atoms with van der Waals surface area (Å²) < 4.78 is 27.8. The van der Waals surface area contributed by atoms with E-state index in [-0.39, 0.29) is 11.3 Å². The van der Waals surface area contributed by atoms with E-state index in [1.807, 2.05) is 0 Å². The molecule has 0 aliphatic heterocycles. The van der Waals surface area contributed by atoms with Gasteiger partial charge in [0.05, 0.1) is 25.3 Å². The number of esters is 2. The van der Waals surface area contributed by atoms with Gasteiger partial charge in [0.25, 0.3) is 0 Å². The fourth-order valence-electron chi connectivity index (χ4n) is 2.17. The van der Waals surface area contributed by atoms with E-state index in [2.05, 4.69) is 4.74 Å². The van der Waals surface area contributed by atoms with Crippen LogP contribution in [0.15, 0.2) is 48.5 Å². The molecule has 0 spiro atoms. The summed E-state index contributed by atoms with van der Waals surface area (Å²) >= 11 is 0. The van der Waals surface area contributed by atoms with Crippen molar-refractivity contribution < 1.29 is 33.0 Å². The van der Waals surface area contributed by atoms with Crippen LogP contribution in [0.4, 0.5) is 4.39 Å². The van der Waals surface area contributed by atoms with Gasteiger partial charge < -0.3 is 14.2 Å². The van der Waals surface area contributed by atoms with Crippen LogP contribution in [0.1, 0.15) is 26.3 Å². The molecule has 7 heteroatoms. The molecule has 0 amide bonds.